The van der Waals surface area contributed by atoms with Gasteiger partial charge in [-0.25, -0.2) is 0 Å². The summed E-state index contributed by atoms with van der Waals surface area (Å²) in [5, 5.41) is 22.6. The van der Waals surface area contributed by atoms with Gasteiger partial charge in [0.05, 0.1) is 4.92 Å². The first-order valence-electron chi connectivity index (χ1n) is 8.93. The second-order valence-electron chi connectivity index (χ2n) is 6.23. The van der Waals surface area contributed by atoms with Crippen LogP contribution in [0.1, 0.15) is 37.5 Å². The first-order valence-corrected chi connectivity index (χ1v) is 9.34. The van der Waals surface area contributed by atoms with Gasteiger partial charge in [-0.2, -0.15) is 10.2 Å². The maximum Gasteiger partial charge on any atom is 0.312 e. The van der Waals surface area contributed by atoms with Crippen molar-refractivity contribution in [3.63, 3.8) is 0 Å². The average molecular weight is 382 g/mol. The molecule has 0 radical (unpaired) electrons. The van der Waals surface area contributed by atoms with Crippen LogP contribution >= 0.6 is 12.2 Å². The number of hydrogen-bond donors (Lipinski definition) is 1. The van der Waals surface area contributed by atoms with Crippen LogP contribution in [0, 0.1) is 28.7 Å². The van der Waals surface area contributed by atoms with Gasteiger partial charge in [0, 0.05) is 19.5 Å². The molecule has 0 saturated heterocycles. The molecule has 26 heavy (non-hydrogen) atoms. The SMILES string of the molecule is CCN(CC)CCCn1c(CCn2nc(C)c([N+](=O)[O-])c2C)n[nH]c1=S. The Labute approximate surface area is 158 Å². The Kier molecular flexibility index (Phi) is 7.04. The molecule has 2 aromatic rings. The molecule has 2 heterocycles. The Bertz CT molecular complexity index is 804. The molecule has 0 aliphatic carbocycles. The highest BCUT2D eigenvalue weighted by Crippen LogP contribution is 2.21. The maximum atomic E-state index is 11.1. The highest BCUT2D eigenvalue weighted by Gasteiger charge is 2.21. The molecule has 0 unspecified atom stereocenters. The third kappa shape index (κ3) is 4.55. The summed E-state index contributed by atoms with van der Waals surface area (Å²) in [6, 6.07) is 0. The molecule has 1 N–H and O–H groups in total. The minimum absolute atomic E-state index is 0.0862. The van der Waals surface area contributed by atoms with Crippen molar-refractivity contribution in [2.24, 2.45) is 0 Å². The van der Waals surface area contributed by atoms with Gasteiger partial charge in [-0.1, -0.05) is 13.8 Å². The zero-order valence-corrected chi connectivity index (χ0v) is 16.7. The standard InChI is InChI=1S/C16H27N7O2S/c1-5-20(6-2)9-7-10-21-14(17-18-16(21)26)8-11-22-13(4)15(23(24)25)12(3)19-22/h5-11H2,1-4H3,(H,18,26). The van der Waals surface area contributed by atoms with Crippen LogP contribution in [-0.2, 0) is 19.5 Å². The summed E-state index contributed by atoms with van der Waals surface area (Å²) in [5.41, 5.74) is 1.09. The lowest BCUT2D eigenvalue weighted by Crippen LogP contribution is -2.25. The lowest BCUT2D eigenvalue weighted by Gasteiger charge is -2.18. The molecule has 144 valence electrons. The third-order valence-electron chi connectivity index (χ3n) is 4.66. The van der Waals surface area contributed by atoms with E-state index in [1.807, 2.05) is 4.57 Å². The molecule has 0 fully saturated rings. The molecular weight excluding hydrogens is 354 g/mol. The van der Waals surface area contributed by atoms with Gasteiger partial charge in [0.15, 0.2) is 4.77 Å². The Morgan fingerprint density at radius 2 is 1.96 bits per heavy atom. The lowest BCUT2D eigenvalue weighted by atomic mass is 10.3. The summed E-state index contributed by atoms with van der Waals surface area (Å²) in [6.45, 7) is 12.1. The van der Waals surface area contributed by atoms with E-state index in [2.05, 4.69) is 34.0 Å². The van der Waals surface area contributed by atoms with Gasteiger partial charge in [-0.15, -0.1) is 0 Å². The number of hydrogen-bond acceptors (Lipinski definition) is 6. The smallest absolute Gasteiger partial charge is 0.304 e. The molecule has 0 saturated carbocycles. The highest BCUT2D eigenvalue weighted by molar-refractivity contribution is 7.71. The summed E-state index contributed by atoms with van der Waals surface area (Å²) in [7, 11) is 0. The van der Waals surface area contributed by atoms with Crippen LogP contribution in [0.25, 0.3) is 0 Å². The minimum Gasteiger partial charge on any atom is -0.304 e. The van der Waals surface area contributed by atoms with Crippen LogP contribution in [0.5, 0.6) is 0 Å². The van der Waals surface area contributed by atoms with E-state index in [9.17, 15) is 10.1 Å². The van der Waals surface area contributed by atoms with Crippen molar-refractivity contribution in [1.82, 2.24) is 29.4 Å². The number of H-pyrrole nitrogens is 1. The van der Waals surface area contributed by atoms with Gasteiger partial charge in [-0.05, 0) is 52.1 Å². The Morgan fingerprint density at radius 3 is 2.54 bits per heavy atom. The summed E-state index contributed by atoms with van der Waals surface area (Å²) in [4.78, 5) is 13.1. The van der Waals surface area contributed by atoms with E-state index in [-0.39, 0.29) is 10.6 Å². The molecule has 10 heteroatoms. The fraction of sp³-hybridized carbons (Fsp3) is 0.688. The number of nitrogens with zero attached hydrogens (tertiary/aromatic N) is 6. The Hall–Kier alpha value is -2.07. The number of rotatable bonds is 10. The second-order valence-corrected chi connectivity index (χ2v) is 6.61. The largest absolute Gasteiger partial charge is 0.312 e. The van der Waals surface area contributed by atoms with E-state index in [0.717, 1.165) is 38.4 Å². The third-order valence-corrected chi connectivity index (χ3v) is 4.97. The van der Waals surface area contributed by atoms with Crippen LogP contribution in [0.15, 0.2) is 0 Å². The van der Waals surface area contributed by atoms with E-state index in [0.29, 0.717) is 29.1 Å². The van der Waals surface area contributed by atoms with Gasteiger partial charge in [0.2, 0.25) is 0 Å². The molecule has 0 aliphatic heterocycles. The Balaban J connectivity index is 2.04. The van der Waals surface area contributed by atoms with Gasteiger partial charge in [0.25, 0.3) is 0 Å². The van der Waals surface area contributed by atoms with Gasteiger partial charge < -0.3 is 9.47 Å². The topological polar surface area (TPSA) is 97.8 Å². The molecule has 0 amide bonds. The van der Waals surface area contributed by atoms with E-state index < -0.39 is 0 Å². The van der Waals surface area contributed by atoms with Gasteiger partial charge >= 0.3 is 5.69 Å². The zero-order chi connectivity index (χ0) is 19.3. The van der Waals surface area contributed by atoms with Crippen LogP contribution in [0.3, 0.4) is 0 Å². The zero-order valence-electron chi connectivity index (χ0n) is 15.9. The van der Waals surface area contributed by atoms with E-state index in [1.165, 1.54) is 0 Å². The first-order chi connectivity index (χ1) is 12.4. The molecule has 0 aliphatic rings. The van der Waals surface area contributed by atoms with Gasteiger partial charge in [0.1, 0.15) is 17.2 Å². The summed E-state index contributed by atoms with van der Waals surface area (Å²) < 4.78 is 4.29. The second kappa shape index (κ2) is 9.04. The van der Waals surface area contributed by atoms with Crippen molar-refractivity contribution in [3.8, 4) is 0 Å². The molecule has 0 bridgehead atoms. The van der Waals surface area contributed by atoms with E-state index >= 15 is 0 Å². The highest BCUT2D eigenvalue weighted by atomic mass is 32.1. The fourth-order valence-electron chi connectivity index (χ4n) is 3.14. The van der Waals surface area contributed by atoms with Crippen molar-refractivity contribution in [1.29, 1.82) is 0 Å². The summed E-state index contributed by atoms with van der Waals surface area (Å²) >= 11 is 5.34. The number of aryl methyl sites for hydroxylation is 3. The predicted octanol–water partition coefficient (Wildman–Crippen LogP) is 2.64. The van der Waals surface area contributed by atoms with E-state index in [4.69, 9.17) is 12.2 Å². The quantitative estimate of drug-likeness (QED) is 0.386. The lowest BCUT2D eigenvalue weighted by molar-refractivity contribution is -0.386. The molecule has 2 aromatic heterocycles. The number of aromatic amines is 1. The van der Waals surface area contributed by atoms with Crippen molar-refractivity contribution in [2.75, 3.05) is 19.6 Å². The van der Waals surface area contributed by atoms with Crippen LogP contribution < -0.4 is 0 Å². The summed E-state index contributed by atoms with van der Waals surface area (Å²) in [6.07, 6.45) is 1.60. The number of nitrogens with one attached hydrogen (secondary N) is 1. The summed E-state index contributed by atoms with van der Waals surface area (Å²) in [5.74, 6) is 0.852. The van der Waals surface area contributed by atoms with Crippen molar-refractivity contribution in [2.45, 2.75) is 53.6 Å². The Morgan fingerprint density at radius 1 is 1.27 bits per heavy atom. The van der Waals surface area contributed by atoms with Crippen molar-refractivity contribution in [3.05, 3.63) is 32.1 Å². The van der Waals surface area contributed by atoms with Crippen molar-refractivity contribution < 1.29 is 4.92 Å². The van der Waals surface area contributed by atoms with Crippen LogP contribution in [0.4, 0.5) is 5.69 Å². The monoisotopic (exact) mass is 381 g/mol. The van der Waals surface area contributed by atoms with Crippen LogP contribution in [-0.4, -0.2) is 54.0 Å². The molecule has 2 rings (SSSR count). The molecule has 9 nitrogen and oxygen atoms in total. The fourth-order valence-corrected chi connectivity index (χ4v) is 3.38. The predicted molar refractivity (Wildman–Crippen MR) is 102 cm³/mol. The number of nitro groups is 1. The van der Waals surface area contributed by atoms with E-state index in [1.54, 1.807) is 18.5 Å². The van der Waals surface area contributed by atoms with Crippen LogP contribution in [0.2, 0.25) is 0 Å². The minimum atomic E-state index is -0.378. The molecule has 0 aromatic carbocycles. The average Bonchev–Trinajstić information content (AvgIpc) is 3.09. The molecule has 0 spiro atoms. The molecule has 0 atom stereocenters. The normalized spacial score (nSPS) is 11.4. The first kappa shape index (κ1) is 20.2. The molecular formula is C16H27N7O2S. The van der Waals surface area contributed by atoms with Gasteiger partial charge in [-0.3, -0.25) is 19.9 Å². The number of aromatic nitrogens is 5. The maximum absolute atomic E-state index is 11.1. The van der Waals surface area contributed by atoms with Crippen molar-refractivity contribution >= 4 is 17.9 Å².